The summed E-state index contributed by atoms with van der Waals surface area (Å²) in [7, 11) is 0. The lowest BCUT2D eigenvalue weighted by molar-refractivity contribution is 0.0955. The molecule has 0 spiro atoms. The Morgan fingerprint density at radius 1 is 1.41 bits per heavy atom. The number of benzene rings is 1. The van der Waals surface area contributed by atoms with Gasteiger partial charge in [-0.2, -0.15) is 5.10 Å². The van der Waals surface area contributed by atoms with E-state index in [2.05, 4.69) is 10.5 Å². The Morgan fingerprint density at radius 2 is 2.06 bits per heavy atom. The minimum Gasteiger partial charge on any atom is -0.494 e. The number of hydrogen-bond donors (Lipinski definition) is 1. The van der Waals surface area contributed by atoms with Crippen LogP contribution < -0.4 is 10.2 Å². The third kappa shape index (κ3) is 4.68. The fourth-order valence-corrected chi connectivity index (χ4v) is 1.18. The van der Waals surface area contributed by atoms with E-state index in [1.807, 2.05) is 20.8 Å². The Hall–Kier alpha value is -1.84. The Morgan fingerprint density at radius 3 is 2.59 bits per heavy atom. The van der Waals surface area contributed by atoms with Gasteiger partial charge in [-0.15, -0.1) is 0 Å². The predicted octanol–water partition coefficient (Wildman–Crippen LogP) is 2.46. The van der Waals surface area contributed by atoms with E-state index in [-0.39, 0.29) is 5.91 Å². The van der Waals surface area contributed by atoms with E-state index in [0.717, 1.165) is 5.75 Å². The Labute approximate surface area is 102 Å². The average Bonchev–Trinajstić information content (AvgIpc) is 2.30. The smallest absolute Gasteiger partial charge is 0.271 e. The first-order valence-corrected chi connectivity index (χ1v) is 5.70. The number of rotatable bonds is 5. The molecule has 1 aromatic carbocycles. The highest BCUT2D eigenvalue weighted by atomic mass is 16.5. The molecule has 0 saturated heterocycles. The van der Waals surface area contributed by atoms with Crippen molar-refractivity contribution in [2.45, 2.75) is 20.8 Å². The topological polar surface area (TPSA) is 50.7 Å². The van der Waals surface area contributed by atoms with Crippen LogP contribution in [-0.4, -0.2) is 18.7 Å². The summed E-state index contributed by atoms with van der Waals surface area (Å²) in [5.74, 6) is 0.857. The summed E-state index contributed by atoms with van der Waals surface area (Å²) in [5.41, 5.74) is 3.04. The maximum absolute atomic E-state index is 11.6. The van der Waals surface area contributed by atoms with Crippen LogP contribution in [0.15, 0.2) is 29.4 Å². The minimum absolute atomic E-state index is 0.218. The van der Waals surface area contributed by atoms with E-state index in [9.17, 15) is 4.79 Å². The van der Waals surface area contributed by atoms with Gasteiger partial charge in [0.25, 0.3) is 5.91 Å². The number of nitrogens with zero attached hydrogens (tertiary/aromatic N) is 1. The van der Waals surface area contributed by atoms with Gasteiger partial charge in [-0.1, -0.05) is 13.8 Å². The van der Waals surface area contributed by atoms with E-state index >= 15 is 0 Å². The third-order valence-electron chi connectivity index (χ3n) is 1.97. The fraction of sp³-hybridized carbons (Fsp3) is 0.385. The van der Waals surface area contributed by atoms with Gasteiger partial charge in [0.2, 0.25) is 0 Å². The number of nitrogens with one attached hydrogen (secondary N) is 1. The summed E-state index contributed by atoms with van der Waals surface area (Å²) < 4.78 is 5.29. The summed E-state index contributed by atoms with van der Waals surface area (Å²) in [4.78, 5) is 11.6. The lowest BCUT2D eigenvalue weighted by Gasteiger charge is -2.04. The average molecular weight is 234 g/mol. The van der Waals surface area contributed by atoms with Crippen LogP contribution in [0.4, 0.5) is 0 Å². The van der Waals surface area contributed by atoms with Crippen LogP contribution in [0.2, 0.25) is 0 Å². The monoisotopic (exact) mass is 234 g/mol. The first-order chi connectivity index (χ1) is 8.13. The van der Waals surface area contributed by atoms with Gasteiger partial charge >= 0.3 is 0 Å². The molecule has 1 N–H and O–H groups in total. The number of hydrazone groups is 1. The van der Waals surface area contributed by atoms with Crippen LogP contribution >= 0.6 is 0 Å². The summed E-state index contributed by atoms with van der Waals surface area (Å²) >= 11 is 0. The standard InChI is InChI=1S/C13H18N2O2/c1-4-17-12-7-5-11(6-8-12)13(16)15-14-9-10(2)3/h5-10H,4H2,1-3H3,(H,15,16)/b14-9+. The molecule has 1 amide bonds. The highest BCUT2D eigenvalue weighted by Crippen LogP contribution is 2.11. The second-order valence-corrected chi connectivity index (χ2v) is 3.92. The maximum atomic E-state index is 11.6. The van der Waals surface area contributed by atoms with Crippen LogP contribution in [0.1, 0.15) is 31.1 Å². The molecule has 0 saturated carbocycles. The van der Waals surface area contributed by atoms with Crippen LogP contribution in [0.3, 0.4) is 0 Å². The Balaban J connectivity index is 2.57. The Bertz CT molecular complexity index is 383. The van der Waals surface area contributed by atoms with Crippen molar-refractivity contribution in [2.24, 2.45) is 11.0 Å². The first kappa shape index (κ1) is 13.2. The molecule has 0 fully saturated rings. The van der Waals surface area contributed by atoms with Gasteiger partial charge in [0.15, 0.2) is 0 Å². The van der Waals surface area contributed by atoms with Crippen molar-refractivity contribution in [3.63, 3.8) is 0 Å². The number of carbonyl (C=O) groups is 1. The number of hydrogen-bond acceptors (Lipinski definition) is 3. The van der Waals surface area contributed by atoms with E-state index in [0.29, 0.717) is 18.1 Å². The molecule has 17 heavy (non-hydrogen) atoms. The second kappa shape index (κ2) is 6.68. The van der Waals surface area contributed by atoms with Crippen molar-refractivity contribution in [1.82, 2.24) is 5.43 Å². The number of ether oxygens (including phenoxy) is 1. The van der Waals surface area contributed by atoms with Gasteiger partial charge in [-0.25, -0.2) is 5.43 Å². The van der Waals surface area contributed by atoms with Gasteiger partial charge in [0, 0.05) is 11.8 Å². The predicted molar refractivity (Wildman–Crippen MR) is 68.4 cm³/mol. The zero-order chi connectivity index (χ0) is 12.7. The quantitative estimate of drug-likeness (QED) is 0.628. The van der Waals surface area contributed by atoms with Gasteiger partial charge in [-0.3, -0.25) is 4.79 Å². The van der Waals surface area contributed by atoms with Gasteiger partial charge in [0.05, 0.1) is 6.61 Å². The molecule has 0 aliphatic heterocycles. The Kier molecular flexibility index (Phi) is 5.20. The highest BCUT2D eigenvalue weighted by molar-refractivity contribution is 5.94. The minimum atomic E-state index is -0.218. The highest BCUT2D eigenvalue weighted by Gasteiger charge is 2.03. The number of carbonyl (C=O) groups excluding carboxylic acids is 1. The van der Waals surface area contributed by atoms with Crippen molar-refractivity contribution in [2.75, 3.05) is 6.61 Å². The van der Waals surface area contributed by atoms with Gasteiger partial charge < -0.3 is 4.74 Å². The molecule has 0 radical (unpaired) electrons. The van der Waals surface area contributed by atoms with Gasteiger partial charge in [-0.05, 0) is 37.1 Å². The molecule has 0 atom stereocenters. The van der Waals surface area contributed by atoms with Crippen LogP contribution in [0.25, 0.3) is 0 Å². The summed E-state index contributed by atoms with van der Waals surface area (Å²) in [6.45, 7) is 6.52. The lowest BCUT2D eigenvalue weighted by Crippen LogP contribution is -2.17. The molecular formula is C13H18N2O2. The van der Waals surface area contributed by atoms with Crippen molar-refractivity contribution in [3.05, 3.63) is 29.8 Å². The normalized spacial score (nSPS) is 10.8. The molecule has 1 aromatic rings. The number of amides is 1. The maximum Gasteiger partial charge on any atom is 0.271 e. The zero-order valence-corrected chi connectivity index (χ0v) is 10.4. The fourth-order valence-electron chi connectivity index (χ4n) is 1.18. The van der Waals surface area contributed by atoms with Crippen molar-refractivity contribution in [3.8, 4) is 5.75 Å². The molecule has 0 aromatic heterocycles. The van der Waals surface area contributed by atoms with E-state index in [4.69, 9.17) is 4.74 Å². The van der Waals surface area contributed by atoms with Crippen LogP contribution in [-0.2, 0) is 0 Å². The third-order valence-corrected chi connectivity index (χ3v) is 1.97. The van der Waals surface area contributed by atoms with E-state index < -0.39 is 0 Å². The van der Waals surface area contributed by atoms with Gasteiger partial charge in [0.1, 0.15) is 5.75 Å². The lowest BCUT2D eigenvalue weighted by atomic mass is 10.2. The first-order valence-electron chi connectivity index (χ1n) is 5.70. The second-order valence-electron chi connectivity index (χ2n) is 3.92. The largest absolute Gasteiger partial charge is 0.494 e. The molecule has 4 nitrogen and oxygen atoms in total. The molecule has 1 rings (SSSR count). The molecular weight excluding hydrogens is 216 g/mol. The summed E-state index contributed by atoms with van der Waals surface area (Å²) in [6, 6.07) is 6.96. The van der Waals surface area contributed by atoms with E-state index in [1.165, 1.54) is 0 Å². The summed E-state index contributed by atoms with van der Waals surface area (Å²) in [5, 5.41) is 3.85. The van der Waals surface area contributed by atoms with Crippen LogP contribution in [0.5, 0.6) is 5.75 Å². The van der Waals surface area contributed by atoms with Crippen LogP contribution in [0, 0.1) is 5.92 Å². The van der Waals surface area contributed by atoms with Crippen molar-refractivity contribution in [1.29, 1.82) is 0 Å². The zero-order valence-electron chi connectivity index (χ0n) is 10.4. The van der Waals surface area contributed by atoms with Crippen molar-refractivity contribution >= 4 is 12.1 Å². The molecule has 0 bridgehead atoms. The molecule has 0 unspecified atom stereocenters. The molecule has 0 aliphatic rings. The van der Waals surface area contributed by atoms with E-state index in [1.54, 1.807) is 30.5 Å². The SMILES string of the molecule is CCOc1ccc(C(=O)N/N=C/C(C)C)cc1. The summed E-state index contributed by atoms with van der Waals surface area (Å²) in [6.07, 6.45) is 1.69. The molecule has 0 heterocycles. The molecule has 4 heteroatoms. The molecule has 92 valence electrons. The van der Waals surface area contributed by atoms with Crippen molar-refractivity contribution < 1.29 is 9.53 Å². The molecule has 0 aliphatic carbocycles.